The van der Waals surface area contributed by atoms with Crippen molar-refractivity contribution < 1.29 is 9.53 Å². The second kappa shape index (κ2) is 7.63. The first kappa shape index (κ1) is 24.5. The van der Waals surface area contributed by atoms with Crippen molar-refractivity contribution in [2.24, 2.45) is 27.6 Å². The maximum absolute atomic E-state index is 13.1. The van der Waals surface area contributed by atoms with Crippen molar-refractivity contribution in [2.75, 3.05) is 0 Å². The van der Waals surface area contributed by atoms with Crippen molar-refractivity contribution >= 4 is 31.0 Å². The monoisotopic (exact) mass is 572 g/mol. The van der Waals surface area contributed by atoms with Gasteiger partial charge in [0.1, 0.15) is 0 Å². The van der Waals surface area contributed by atoms with E-state index in [0.717, 1.165) is 17.9 Å². The van der Waals surface area contributed by atoms with Crippen LogP contribution in [0, 0.1) is 27.6 Å². The highest BCUT2D eigenvalue weighted by atomic mass is 127. The average Bonchev–Trinajstić information content (AvgIpc) is 2.80. The summed E-state index contributed by atoms with van der Waals surface area (Å²) in [7, 11) is 0. The molecule has 2 nitrogen and oxygen atoms in total. The van der Waals surface area contributed by atoms with E-state index in [1.165, 1.54) is 55.9 Å². The standard InChI is InChI=1S/C31H41IO2/c1-9-34-26-21(3)22-10-11-25-28(5,23(22)18-24(26)33)15-17-30(7)29(25,6)16-14-27(4)13-12-20(2)19-31(27,30)32-8/h9-11,18,20H,1,8,12-17,19H2,2-7H3/t20-,27+,28-,29+,30+,31-/m0/s1. The minimum absolute atomic E-state index is 0.0251. The van der Waals surface area contributed by atoms with Crippen molar-refractivity contribution in [1.82, 2.24) is 0 Å². The number of alkyl halides is 1. The number of hydrogen-bond donors (Lipinski definition) is 0. The topological polar surface area (TPSA) is 26.3 Å². The molecule has 3 heteroatoms. The maximum atomic E-state index is 13.1. The average molecular weight is 573 g/mol. The number of allylic oxidation sites excluding steroid dienone is 7. The first-order valence-electron chi connectivity index (χ1n) is 13.0. The molecule has 0 aliphatic heterocycles. The third-order valence-corrected chi connectivity index (χ3v) is 15.6. The van der Waals surface area contributed by atoms with Gasteiger partial charge in [0.05, 0.1) is 6.26 Å². The van der Waals surface area contributed by atoms with Gasteiger partial charge in [-0.1, -0.05) is 69.9 Å². The van der Waals surface area contributed by atoms with Crippen LogP contribution in [-0.2, 0) is 9.53 Å². The van der Waals surface area contributed by atoms with Crippen LogP contribution in [0.2, 0.25) is 0 Å². The molecule has 184 valence electrons. The van der Waals surface area contributed by atoms with Gasteiger partial charge in [-0.25, -0.2) is 0 Å². The van der Waals surface area contributed by atoms with Gasteiger partial charge in [0.25, 0.3) is 0 Å². The largest absolute Gasteiger partial charge is 0.461 e. The Balaban J connectivity index is 1.69. The molecule has 3 fully saturated rings. The fraction of sp³-hybridized carbons (Fsp3) is 0.613. The first-order valence-corrected chi connectivity index (χ1v) is 15.6. The summed E-state index contributed by atoms with van der Waals surface area (Å²) in [5.74, 6) is 1.19. The second-order valence-corrected chi connectivity index (χ2v) is 15.3. The molecule has 0 aromatic carbocycles. The molecular weight excluding hydrogens is 531 g/mol. The Bertz CT molecular complexity index is 1120. The molecular formula is C31H41IO2. The number of halogens is 1. The lowest BCUT2D eigenvalue weighted by molar-refractivity contribution is -0.118. The van der Waals surface area contributed by atoms with Crippen LogP contribution in [0.25, 0.3) is 0 Å². The minimum Gasteiger partial charge on any atom is -0.461 e. The summed E-state index contributed by atoms with van der Waals surface area (Å²) in [5, 5.41) is 0. The van der Waals surface area contributed by atoms with Gasteiger partial charge in [0, 0.05) is 14.4 Å². The molecule has 0 spiro atoms. The van der Waals surface area contributed by atoms with Crippen molar-refractivity contribution in [1.29, 1.82) is 0 Å². The number of ether oxygens (including phenoxy) is 1. The molecule has 6 atom stereocenters. The molecule has 0 aromatic heterocycles. The number of carbonyl (C=O) groups excluding carboxylic acids is 1. The van der Waals surface area contributed by atoms with E-state index in [-0.39, 0.29) is 42.8 Å². The summed E-state index contributed by atoms with van der Waals surface area (Å²) >= 11 is -0.179. The predicted molar refractivity (Wildman–Crippen MR) is 151 cm³/mol. The van der Waals surface area contributed by atoms with Gasteiger partial charge in [-0.2, -0.15) is 0 Å². The number of ketones is 1. The second-order valence-electron chi connectivity index (χ2n) is 12.7. The van der Waals surface area contributed by atoms with E-state index in [0.29, 0.717) is 14.6 Å². The summed E-state index contributed by atoms with van der Waals surface area (Å²) in [6.45, 7) is 18.4. The van der Waals surface area contributed by atoms with Crippen molar-refractivity contribution in [3.63, 3.8) is 0 Å². The summed E-state index contributed by atoms with van der Waals surface area (Å²) in [4.78, 5) is 13.1. The molecule has 0 radical (unpaired) electrons. The third kappa shape index (κ3) is 2.74. The van der Waals surface area contributed by atoms with E-state index >= 15 is 0 Å². The smallest absolute Gasteiger partial charge is 0.221 e. The Morgan fingerprint density at radius 1 is 1.09 bits per heavy atom. The van der Waals surface area contributed by atoms with Crippen LogP contribution in [0.15, 0.2) is 59.1 Å². The fourth-order valence-electron chi connectivity index (χ4n) is 9.06. The molecule has 0 heterocycles. The molecule has 0 amide bonds. The highest BCUT2D eigenvalue weighted by Gasteiger charge is 2.71. The van der Waals surface area contributed by atoms with E-state index in [4.69, 9.17) is 9.25 Å². The molecule has 5 aliphatic rings. The molecule has 5 aliphatic carbocycles. The molecule has 5 rings (SSSR count). The summed E-state index contributed by atoms with van der Waals surface area (Å²) in [5.41, 5.74) is 5.55. The molecule has 34 heavy (non-hydrogen) atoms. The lowest BCUT2D eigenvalue weighted by atomic mass is 9.35. The highest BCUT2D eigenvalue weighted by Crippen LogP contribution is 2.79. The summed E-state index contributed by atoms with van der Waals surface area (Å²) in [6, 6.07) is 0. The zero-order valence-electron chi connectivity index (χ0n) is 21.9. The van der Waals surface area contributed by atoms with E-state index in [2.05, 4.69) is 53.3 Å². The predicted octanol–water partition coefficient (Wildman–Crippen LogP) is 8.37. The highest BCUT2D eigenvalue weighted by molar-refractivity contribution is 14.2. The van der Waals surface area contributed by atoms with Gasteiger partial charge >= 0.3 is 0 Å². The van der Waals surface area contributed by atoms with Crippen LogP contribution in [0.4, 0.5) is 0 Å². The third-order valence-electron chi connectivity index (χ3n) is 11.3. The van der Waals surface area contributed by atoms with Gasteiger partial charge in [-0.05, 0) is 84.8 Å². The zero-order chi connectivity index (χ0) is 24.7. The first-order chi connectivity index (χ1) is 15.9. The summed E-state index contributed by atoms with van der Waals surface area (Å²) < 4.78 is 10.7. The van der Waals surface area contributed by atoms with Gasteiger partial charge in [-0.15, -0.1) is 20.7 Å². The SMILES string of the molecule is C=COC1=C(C)C2=CC=C3[C@@](C)(CC[C@@]4(C)[C@]5(I=C)C[C@@H](C)CC[C@]5(C)CC[C@]34C)C2=CC1=O. The van der Waals surface area contributed by atoms with Gasteiger partial charge in [0.2, 0.25) is 5.78 Å². The maximum Gasteiger partial charge on any atom is 0.221 e. The van der Waals surface area contributed by atoms with Crippen molar-refractivity contribution in [3.8, 4) is 0 Å². The van der Waals surface area contributed by atoms with Crippen LogP contribution < -0.4 is 0 Å². The summed E-state index contributed by atoms with van der Waals surface area (Å²) in [6.07, 6.45) is 16.9. The number of carbonyl (C=O) groups is 1. The zero-order valence-corrected chi connectivity index (χ0v) is 24.1. The Morgan fingerprint density at radius 2 is 1.82 bits per heavy atom. The van der Waals surface area contributed by atoms with Crippen LogP contribution in [0.3, 0.4) is 0 Å². The Kier molecular flexibility index (Phi) is 5.49. The number of hydrogen-bond acceptors (Lipinski definition) is 2. The molecule has 0 aromatic rings. The molecule has 0 bridgehead atoms. The Morgan fingerprint density at radius 3 is 2.50 bits per heavy atom. The molecule has 3 saturated carbocycles. The lowest BCUT2D eigenvalue weighted by Gasteiger charge is -2.73. The molecule has 0 N–H and O–H groups in total. The van der Waals surface area contributed by atoms with Gasteiger partial charge in [0.15, 0.2) is 5.76 Å². The van der Waals surface area contributed by atoms with Crippen LogP contribution in [-0.4, -0.2) is 13.7 Å². The minimum atomic E-state index is -0.179. The fourth-order valence-corrected chi connectivity index (χ4v) is 13.3. The van der Waals surface area contributed by atoms with E-state index in [1.54, 1.807) is 5.57 Å². The molecule has 0 unspecified atom stereocenters. The Labute approximate surface area is 216 Å². The van der Waals surface area contributed by atoms with E-state index in [9.17, 15) is 4.79 Å². The van der Waals surface area contributed by atoms with Crippen molar-refractivity contribution in [2.45, 2.75) is 89.9 Å². The van der Waals surface area contributed by atoms with Gasteiger partial charge < -0.3 is 4.74 Å². The molecule has 0 saturated heterocycles. The normalized spacial score (nSPS) is 45.6. The quantitative estimate of drug-likeness (QED) is 0.193. The van der Waals surface area contributed by atoms with Gasteiger partial charge in [-0.3, -0.25) is 4.79 Å². The lowest BCUT2D eigenvalue weighted by Crippen LogP contribution is -2.68. The van der Waals surface area contributed by atoms with Crippen LogP contribution in [0.1, 0.15) is 86.5 Å². The van der Waals surface area contributed by atoms with E-state index in [1.807, 2.05) is 13.0 Å². The Hall–Kier alpha value is -1.23. The van der Waals surface area contributed by atoms with Crippen LogP contribution in [0.5, 0.6) is 0 Å². The van der Waals surface area contributed by atoms with E-state index < -0.39 is 0 Å². The van der Waals surface area contributed by atoms with Crippen molar-refractivity contribution in [3.05, 3.63) is 59.1 Å². The number of rotatable bonds is 3. The number of fused-ring (bicyclic) bond motifs is 7. The van der Waals surface area contributed by atoms with Crippen LogP contribution >= 0.6 is 20.7 Å².